The Kier molecular flexibility index (Phi) is 2.83. The normalized spacial score (nSPS) is 9.91. The second-order valence-electron chi connectivity index (χ2n) is 2.47. The molecule has 0 radical (unpaired) electrons. The second-order valence-corrected chi connectivity index (χ2v) is 2.47. The highest BCUT2D eigenvalue weighted by Gasteiger charge is 2.02. The summed E-state index contributed by atoms with van der Waals surface area (Å²) in [5.74, 6) is 0.620. The smallest absolute Gasteiger partial charge is 0.301 e. The Labute approximate surface area is 66.3 Å². The molecule has 3 nitrogen and oxygen atoms in total. The first kappa shape index (κ1) is 7.98. The summed E-state index contributed by atoms with van der Waals surface area (Å²) in [7, 11) is 0. The predicted octanol–water partition coefficient (Wildman–Crippen LogP) is 1.06. The van der Waals surface area contributed by atoms with Crippen LogP contribution in [0.1, 0.15) is 25.6 Å². The number of aryl methyl sites for hydroxylation is 1. The zero-order valence-electron chi connectivity index (χ0n) is 6.66. The fourth-order valence-electron chi connectivity index (χ4n) is 0.898. The van der Waals surface area contributed by atoms with Crippen LogP contribution in [0.5, 0.6) is 0 Å². The minimum atomic E-state index is 0.620. The number of aromatic nitrogens is 2. The van der Waals surface area contributed by atoms with Crippen LogP contribution < -0.4 is 4.73 Å². The van der Waals surface area contributed by atoms with Crippen molar-refractivity contribution in [1.82, 2.24) is 4.98 Å². The number of nitrogens with zero attached hydrogens (tertiary/aromatic N) is 2. The molecule has 0 aliphatic carbocycles. The zero-order chi connectivity index (χ0) is 8.10. The first-order valence-electron chi connectivity index (χ1n) is 3.87. The molecule has 11 heavy (non-hydrogen) atoms. The minimum Gasteiger partial charge on any atom is -0.711 e. The van der Waals surface area contributed by atoms with Crippen molar-refractivity contribution < 1.29 is 4.73 Å². The SMILES string of the molecule is CCCCc1nccc[n+]1[O-]. The van der Waals surface area contributed by atoms with E-state index in [0.29, 0.717) is 5.82 Å². The summed E-state index contributed by atoms with van der Waals surface area (Å²) in [6.45, 7) is 2.10. The molecule has 0 fully saturated rings. The van der Waals surface area contributed by atoms with Gasteiger partial charge in [0.2, 0.25) is 0 Å². The Morgan fingerprint density at radius 2 is 2.45 bits per heavy atom. The standard InChI is InChI=1S/C8H12N2O/c1-2-3-5-8-9-6-4-7-10(8)11/h4,6-7H,2-3,5H2,1H3. The van der Waals surface area contributed by atoms with Gasteiger partial charge >= 0.3 is 5.82 Å². The van der Waals surface area contributed by atoms with Gasteiger partial charge in [-0.3, -0.25) is 0 Å². The van der Waals surface area contributed by atoms with E-state index in [2.05, 4.69) is 11.9 Å². The maximum atomic E-state index is 11.0. The summed E-state index contributed by atoms with van der Waals surface area (Å²) in [4.78, 5) is 3.97. The van der Waals surface area contributed by atoms with Crippen molar-refractivity contribution in [3.63, 3.8) is 0 Å². The number of rotatable bonds is 3. The van der Waals surface area contributed by atoms with Crippen LogP contribution in [0.2, 0.25) is 0 Å². The molecule has 60 valence electrons. The van der Waals surface area contributed by atoms with Gasteiger partial charge < -0.3 is 5.21 Å². The van der Waals surface area contributed by atoms with Crippen molar-refractivity contribution in [2.24, 2.45) is 0 Å². The average Bonchev–Trinajstić information content (AvgIpc) is 2.03. The molecule has 0 amide bonds. The van der Waals surface area contributed by atoms with Gasteiger partial charge in [0.1, 0.15) is 6.20 Å². The van der Waals surface area contributed by atoms with Crippen LogP contribution >= 0.6 is 0 Å². The van der Waals surface area contributed by atoms with Crippen molar-refractivity contribution >= 4 is 0 Å². The van der Waals surface area contributed by atoms with Crippen molar-refractivity contribution in [2.75, 3.05) is 0 Å². The van der Waals surface area contributed by atoms with Crippen LogP contribution in [0.4, 0.5) is 0 Å². The number of hydrogen-bond acceptors (Lipinski definition) is 2. The molecule has 0 unspecified atom stereocenters. The second kappa shape index (κ2) is 3.91. The topological polar surface area (TPSA) is 39.8 Å². The predicted molar refractivity (Wildman–Crippen MR) is 41.8 cm³/mol. The van der Waals surface area contributed by atoms with Crippen molar-refractivity contribution in [3.8, 4) is 0 Å². The van der Waals surface area contributed by atoms with E-state index in [4.69, 9.17) is 0 Å². The number of unbranched alkanes of at least 4 members (excludes halogenated alkanes) is 1. The first-order chi connectivity index (χ1) is 5.34. The van der Waals surface area contributed by atoms with Crippen molar-refractivity contribution in [1.29, 1.82) is 0 Å². The summed E-state index contributed by atoms with van der Waals surface area (Å²) >= 11 is 0. The Bertz CT molecular complexity index is 225. The van der Waals surface area contributed by atoms with Gasteiger partial charge in [-0.15, -0.1) is 0 Å². The minimum absolute atomic E-state index is 0.620. The summed E-state index contributed by atoms with van der Waals surface area (Å²) in [6, 6.07) is 1.64. The molecule has 3 heteroatoms. The van der Waals surface area contributed by atoms with E-state index in [1.807, 2.05) is 0 Å². The fraction of sp³-hybridized carbons (Fsp3) is 0.500. The zero-order valence-corrected chi connectivity index (χ0v) is 6.66. The Morgan fingerprint density at radius 3 is 3.09 bits per heavy atom. The molecular formula is C8H12N2O. The summed E-state index contributed by atoms with van der Waals surface area (Å²) in [5.41, 5.74) is 0. The molecule has 0 saturated heterocycles. The highest BCUT2D eigenvalue weighted by atomic mass is 16.5. The summed E-state index contributed by atoms with van der Waals surface area (Å²) in [6.07, 6.45) is 6.04. The van der Waals surface area contributed by atoms with Crippen LogP contribution in [0.25, 0.3) is 0 Å². The molecule has 0 atom stereocenters. The largest absolute Gasteiger partial charge is 0.711 e. The third-order valence-electron chi connectivity index (χ3n) is 1.54. The van der Waals surface area contributed by atoms with E-state index in [-0.39, 0.29) is 0 Å². The Morgan fingerprint density at radius 1 is 1.64 bits per heavy atom. The van der Waals surface area contributed by atoms with Gasteiger partial charge in [0.05, 0.1) is 12.6 Å². The van der Waals surface area contributed by atoms with Gasteiger partial charge in [-0.2, -0.15) is 0 Å². The first-order valence-corrected chi connectivity index (χ1v) is 3.87. The summed E-state index contributed by atoms with van der Waals surface area (Å²) < 4.78 is 0.829. The lowest BCUT2D eigenvalue weighted by atomic mass is 10.2. The fourth-order valence-corrected chi connectivity index (χ4v) is 0.898. The molecular weight excluding hydrogens is 140 g/mol. The molecule has 0 aliphatic rings. The monoisotopic (exact) mass is 152 g/mol. The Balaban J connectivity index is 2.62. The highest BCUT2D eigenvalue weighted by molar-refractivity contribution is 4.80. The van der Waals surface area contributed by atoms with Crippen LogP contribution in [-0.2, 0) is 6.42 Å². The maximum Gasteiger partial charge on any atom is 0.301 e. The van der Waals surface area contributed by atoms with Crippen LogP contribution in [-0.4, -0.2) is 4.98 Å². The van der Waals surface area contributed by atoms with Gasteiger partial charge in [0.25, 0.3) is 0 Å². The molecule has 0 N–H and O–H groups in total. The van der Waals surface area contributed by atoms with Crippen molar-refractivity contribution in [2.45, 2.75) is 26.2 Å². The van der Waals surface area contributed by atoms with E-state index in [1.54, 1.807) is 12.3 Å². The Hall–Kier alpha value is -1.12. The molecule has 0 bridgehead atoms. The molecule has 1 heterocycles. The van der Waals surface area contributed by atoms with E-state index < -0.39 is 0 Å². The van der Waals surface area contributed by atoms with Crippen LogP contribution in [0.15, 0.2) is 18.5 Å². The third kappa shape index (κ3) is 2.18. The molecule has 1 aromatic heterocycles. The van der Waals surface area contributed by atoms with Gasteiger partial charge in [-0.05, 0) is 6.42 Å². The highest BCUT2D eigenvalue weighted by Crippen LogP contribution is 1.94. The van der Waals surface area contributed by atoms with Crippen molar-refractivity contribution in [3.05, 3.63) is 29.5 Å². The van der Waals surface area contributed by atoms with E-state index in [9.17, 15) is 5.21 Å². The number of hydrogen-bond donors (Lipinski definition) is 0. The molecule has 1 rings (SSSR count). The molecule has 1 aromatic rings. The lowest BCUT2D eigenvalue weighted by Crippen LogP contribution is -2.32. The third-order valence-corrected chi connectivity index (χ3v) is 1.54. The van der Waals surface area contributed by atoms with Gasteiger partial charge in [-0.1, -0.05) is 18.3 Å². The molecule has 0 aliphatic heterocycles. The molecule has 0 saturated carbocycles. The van der Waals surface area contributed by atoms with Crippen LogP contribution in [0, 0.1) is 5.21 Å². The van der Waals surface area contributed by atoms with E-state index in [1.165, 1.54) is 6.20 Å². The van der Waals surface area contributed by atoms with Gasteiger partial charge in [0.15, 0.2) is 0 Å². The van der Waals surface area contributed by atoms with Gasteiger partial charge in [0, 0.05) is 6.07 Å². The van der Waals surface area contributed by atoms with E-state index in [0.717, 1.165) is 24.0 Å². The van der Waals surface area contributed by atoms with Crippen LogP contribution in [0.3, 0.4) is 0 Å². The summed E-state index contributed by atoms with van der Waals surface area (Å²) in [5, 5.41) is 11.0. The lowest BCUT2D eigenvalue weighted by molar-refractivity contribution is -0.617. The lowest BCUT2D eigenvalue weighted by Gasteiger charge is -2.02. The average molecular weight is 152 g/mol. The van der Waals surface area contributed by atoms with E-state index >= 15 is 0 Å². The molecule has 0 spiro atoms. The quantitative estimate of drug-likeness (QED) is 0.480. The maximum absolute atomic E-state index is 11.0. The molecule has 0 aromatic carbocycles. The van der Waals surface area contributed by atoms with Gasteiger partial charge in [-0.25, -0.2) is 4.73 Å².